The molecule has 1 aromatic carbocycles. The van der Waals surface area contributed by atoms with E-state index in [9.17, 15) is 4.79 Å². The standard InChI is InChI=1S/C21H22N4O2/c1-27-18-4-2-16(3-5-18)19(17-6-10-22-11-7-17)24-20(26)21(8-9-21)14-25-13-12-23-15-25/h2-7,10-13,15,19H,8-9,14H2,1H3,(H,24,26)/t19-/m0/s1. The molecule has 0 aliphatic heterocycles. The van der Waals surface area contributed by atoms with Gasteiger partial charge in [-0.25, -0.2) is 4.98 Å². The van der Waals surface area contributed by atoms with Gasteiger partial charge in [0.2, 0.25) is 5.91 Å². The van der Waals surface area contributed by atoms with Crippen LogP contribution in [0.4, 0.5) is 0 Å². The van der Waals surface area contributed by atoms with Gasteiger partial charge in [0.15, 0.2) is 0 Å². The SMILES string of the molecule is COc1ccc([C@H](NC(=O)C2(Cn3ccnc3)CC2)c2ccncc2)cc1. The largest absolute Gasteiger partial charge is 0.497 e. The van der Waals surface area contributed by atoms with E-state index in [4.69, 9.17) is 4.74 Å². The van der Waals surface area contributed by atoms with E-state index in [0.29, 0.717) is 6.54 Å². The van der Waals surface area contributed by atoms with Crippen molar-refractivity contribution in [2.24, 2.45) is 5.41 Å². The molecule has 0 unspecified atom stereocenters. The molecule has 27 heavy (non-hydrogen) atoms. The van der Waals surface area contributed by atoms with Crippen molar-refractivity contribution in [3.8, 4) is 5.75 Å². The summed E-state index contributed by atoms with van der Waals surface area (Å²) in [6, 6.07) is 11.4. The van der Waals surface area contributed by atoms with E-state index < -0.39 is 0 Å². The summed E-state index contributed by atoms with van der Waals surface area (Å²) in [5.41, 5.74) is 1.66. The average molecular weight is 362 g/mol. The van der Waals surface area contributed by atoms with Crippen LogP contribution < -0.4 is 10.1 Å². The third-order valence-electron chi connectivity index (χ3n) is 5.14. The van der Waals surface area contributed by atoms with Gasteiger partial charge in [0.25, 0.3) is 0 Å². The molecule has 1 N–H and O–H groups in total. The number of nitrogens with one attached hydrogen (secondary N) is 1. The number of amides is 1. The molecule has 6 nitrogen and oxygen atoms in total. The number of hydrogen-bond acceptors (Lipinski definition) is 4. The summed E-state index contributed by atoms with van der Waals surface area (Å²) < 4.78 is 7.23. The lowest BCUT2D eigenvalue weighted by Gasteiger charge is -2.24. The molecule has 1 atom stereocenters. The maximum absolute atomic E-state index is 13.1. The minimum absolute atomic E-state index is 0.0776. The highest BCUT2D eigenvalue weighted by molar-refractivity contribution is 5.86. The van der Waals surface area contributed by atoms with E-state index in [2.05, 4.69) is 15.3 Å². The maximum atomic E-state index is 13.1. The van der Waals surface area contributed by atoms with Gasteiger partial charge in [0, 0.05) is 31.3 Å². The topological polar surface area (TPSA) is 69.0 Å². The second kappa shape index (κ2) is 7.23. The van der Waals surface area contributed by atoms with Gasteiger partial charge in [-0.05, 0) is 48.2 Å². The molecule has 1 fully saturated rings. The molecule has 1 amide bonds. The lowest BCUT2D eigenvalue weighted by Crippen LogP contribution is -2.37. The second-order valence-corrected chi connectivity index (χ2v) is 6.98. The van der Waals surface area contributed by atoms with E-state index in [1.807, 2.05) is 47.2 Å². The quantitative estimate of drug-likeness (QED) is 0.702. The van der Waals surface area contributed by atoms with Gasteiger partial charge in [-0.3, -0.25) is 9.78 Å². The molecule has 1 aliphatic rings. The monoisotopic (exact) mass is 362 g/mol. The number of carbonyl (C=O) groups is 1. The molecule has 3 aromatic rings. The Kier molecular flexibility index (Phi) is 4.62. The van der Waals surface area contributed by atoms with Gasteiger partial charge in [0.05, 0.1) is 24.9 Å². The molecule has 0 bridgehead atoms. The molecule has 2 heterocycles. The first-order valence-electron chi connectivity index (χ1n) is 9.01. The van der Waals surface area contributed by atoms with Gasteiger partial charge >= 0.3 is 0 Å². The summed E-state index contributed by atoms with van der Waals surface area (Å²) in [6.45, 7) is 0.657. The first-order valence-corrected chi connectivity index (χ1v) is 9.01. The lowest BCUT2D eigenvalue weighted by atomic mass is 9.97. The van der Waals surface area contributed by atoms with Crippen LogP contribution in [0.1, 0.15) is 30.0 Å². The average Bonchev–Trinajstić information content (AvgIpc) is 3.32. The molecular weight excluding hydrogens is 340 g/mol. The van der Waals surface area contributed by atoms with E-state index in [1.54, 1.807) is 32.0 Å². The third kappa shape index (κ3) is 3.69. The zero-order valence-electron chi connectivity index (χ0n) is 15.2. The molecule has 1 saturated carbocycles. The zero-order chi connectivity index (χ0) is 18.7. The zero-order valence-corrected chi connectivity index (χ0v) is 15.2. The normalized spacial score (nSPS) is 15.7. The van der Waals surface area contributed by atoms with Crippen LogP contribution in [-0.4, -0.2) is 27.6 Å². The summed E-state index contributed by atoms with van der Waals surface area (Å²) >= 11 is 0. The van der Waals surface area contributed by atoms with Crippen molar-refractivity contribution in [3.05, 3.63) is 78.6 Å². The van der Waals surface area contributed by atoms with Crippen LogP contribution in [0, 0.1) is 5.41 Å². The lowest BCUT2D eigenvalue weighted by molar-refractivity contribution is -0.127. The summed E-state index contributed by atoms with van der Waals surface area (Å²) in [5, 5.41) is 3.26. The number of methoxy groups -OCH3 is 1. The Labute approximate surface area is 158 Å². The van der Waals surface area contributed by atoms with Gasteiger partial charge in [0.1, 0.15) is 5.75 Å². The maximum Gasteiger partial charge on any atom is 0.228 e. The van der Waals surface area contributed by atoms with Crippen LogP contribution in [0.5, 0.6) is 5.75 Å². The molecule has 1 aliphatic carbocycles. The number of nitrogens with zero attached hydrogens (tertiary/aromatic N) is 3. The highest BCUT2D eigenvalue weighted by Gasteiger charge is 2.50. The van der Waals surface area contributed by atoms with Gasteiger partial charge < -0.3 is 14.6 Å². The van der Waals surface area contributed by atoms with Crippen LogP contribution >= 0.6 is 0 Å². The fourth-order valence-corrected chi connectivity index (χ4v) is 3.33. The molecule has 2 aromatic heterocycles. The highest BCUT2D eigenvalue weighted by Crippen LogP contribution is 2.48. The van der Waals surface area contributed by atoms with Crippen molar-refractivity contribution in [1.82, 2.24) is 19.9 Å². The fraction of sp³-hybridized carbons (Fsp3) is 0.286. The minimum Gasteiger partial charge on any atom is -0.497 e. The number of imidazole rings is 1. The van der Waals surface area contributed by atoms with Gasteiger partial charge in [-0.2, -0.15) is 0 Å². The van der Waals surface area contributed by atoms with E-state index in [-0.39, 0.29) is 17.4 Å². The number of rotatable bonds is 7. The minimum atomic E-state index is -0.349. The number of aromatic nitrogens is 3. The molecule has 0 spiro atoms. The molecule has 0 saturated heterocycles. The summed E-state index contributed by atoms with van der Waals surface area (Å²) in [4.78, 5) is 21.3. The van der Waals surface area contributed by atoms with Gasteiger partial charge in [-0.15, -0.1) is 0 Å². The van der Waals surface area contributed by atoms with Crippen LogP contribution in [0.3, 0.4) is 0 Å². The second-order valence-electron chi connectivity index (χ2n) is 6.98. The van der Waals surface area contributed by atoms with Crippen molar-refractivity contribution < 1.29 is 9.53 Å². The highest BCUT2D eigenvalue weighted by atomic mass is 16.5. The van der Waals surface area contributed by atoms with Crippen LogP contribution in [0.25, 0.3) is 0 Å². The molecule has 0 radical (unpaired) electrons. The van der Waals surface area contributed by atoms with Crippen LogP contribution in [-0.2, 0) is 11.3 Å². The predicted octanol–water partition coefficient (Wildman–Crippen LogP) is 2.97. The Morgan fingerprint density at radius 3 is 2.41 bits per heavy atom. The summed E-state index contributed by atoms with van der Waals surface area (Å²) in [6.07, 6.45) is 10.7. The third-order valence-corrected chi connectivity index (χ3v) is 5.14. The van der Waals surface area contributed by atoms with Crippen molar-refractivity contribution in [1.29, 1.82) is 0 Å². The number of hydrogen-bond donors (Lipinski definition) is 1. The molecule has 4 rings (SSSR count). The summed E-state index contributed by atoms with van der Waals surface area (Å²) in [7, 11) is 1.64. The Morgan fingerprint density at radius 2 is 1.81 bits per heavy atom. The number of ether oxygens (including phenoxy) is 1. The first kappa shape index (κ1) is 17.3. The van der Waals surface area contributed by atoms with E-state index >= 15 is 0 Å². The molecule has 138 valence electrons. The van der Waals surface area contributed by atoms with Crippen molar-refractivity contribution in [2.45, 2.75) is 25.4 Å². The van der Waals surface area contributed by atoms with E-state index in [0.717, 1.165) is 29.7 Å². The van der Waals surface area contributed by atoms with Gasteiger partial charge in [-0.1, -0.05) is 12.1 Å². The van der Waals surface area contributed by atoms with Crippen LogP contribution in [0.2, 0.25) is 0 Å². The van der Waals surface area contributed by atoms with Crippen molar-refractivity contribution in [2.75, 3.05) is 7.11 Å². The molecular formula is C21H22N4O2. The van der Waals surface area contributed by atoms with Crippen LogP contribution in [0.15, 0.2) is 67.5 Å². The fourth-order valence-electron chi connectivity index (χ4n) is 3.33. The Bertz CT molecular complexity index is 888. The number of pyridine rings is 1. The Balaban J connectivity index is 1.58. The number of benzene rings is 1. The van der Waals surface area contributed by atoms with Crippen molar-refractivity contribution >= 4 is 5.91 Å². The summed E-state index contributed by atoms with van der Waals surface area (Å²) in [5.74, 6) is 0.867. The molecule has 6 heteroatoms. The Hall–Kier alpha value is -3.15. The Morgan fingerprint density at radius 1 is 1.11 bits per heavy atom. The predicted molar refractivity (Wildman–Crippen MR) is 101 cm³/mol. The smallest absolute Gasteiger partial charge is 0.228 e. The van der Waals surface area contributed by atoms with E-state index in [1.165, 1.54) is 0 Å². The van der Waals surface area contributed by atoms with Crippen molar-refractivity contribution in [3.63, 3.8) is 0 Å². The first-order chi connectivity index (χ1) is 13.2. The number of carbonyl (C=O) groups excluding carboxylic acids is 1.